The summed E-state index contributed by atoms with van der Waals surface area (Å²) in [5, 5.41) is 2.63. The third-order valence-corrected chi connectivity index (χ3v) is 3.92. The molecule has 4 nitrogen and oxygen atoms in total. The molecular weight excluding hydrogens is 278 g/mol. The number of nitrogens with one attached hydrogen (secondary N) is 1. The maximum absolute atomic E-state index is 12.9. The molecule has 0 radical (unpaired) electrons. The van der Waals surface area contributed by atoms with Gasteiger partial charge in [0, 0.05) is 0 Å². The predicted octanol–water partition coefficient (Wildman–Crippen LogP) is 1.90. The van der Waals surface area contributed by atoms with Gasteiger partial charge in [0.25, 0.3) is 12.3 Å². The summed E-state index contributed by atoms with van der Waals surface area (Å²) >= 11 is 0. The molecule has 21 heavy (non-hydrogen) atoms. The van der Waals surface area contributed by atoms with E-state index in [0.717, 1.165) is 4.90 Å². The fraction of sp³-hybridized carbons (Fsp3) is 0.467. The van der Waals surface area contributed by atoms with Gasteiger partial charge in [0.15, 0.2) is 0 Å². The first-order valence-electron chi connectivity index (χ1n) is 6.87. The van der Waals surface area contributed by atoms with E-state index in [4.69, 9.17) is 0 Å². The SMILES string of the molecule is CCC1NC(=O)C(C)(c2ccccc2)N(CC(F)F)C1=O. The lowest BCUT2D eigenvalue weighted by Gasteiger charge is -2.46. The fourth-order valence-corrected chi connectivity index (χ4v) is 2.63. The predicted molar refractivity (Wildman–Crippen MR) is 73.7 cm³/mol. The summed E-state index contributed by atoms with van der Waals surface area (Å²) in [5.74, 6) is -0.899. The van der Waals surface area contributed by atoms with Gasteiger partial charge in [-0.1, -0.05) is 37.3 Å². The van der Waals surface area contributed by atoms with Gasteiger partial charge in [-0.15, -0.1) is 0 Å². The van der Waals surface area contributed by atoms with Gasteiger partial charge < -0.3 is 10.2 Å². The molecule has 0 saturated carbocycles. The van der Waals surface area contributed by atoms with Crippen LogP contribution in [0.25, 0.3) is 0 Å². The zero-order valence-corrected chi connectivity index (χ0v) is 12.0. The van der Waals surface area contributed by atoms with Crippen LogP contribution in [0.15, 0.2) is 30.3 Å². The van der Waals surface area contributed by atoms with Crippen LogP contribution in [-0.4, -0.2) is 35.7 Å². The van der Waals surface area contributed by atoms with Gasteiger partial charge in [0.1, 0.15) is 11.6 Å². The Labute approximate surface area is 122 Å². The summed E-state index contributed by atoms with van der Waals surface area (Å²) < 4.78 is 25.8. The highest BCUT2D eigenvalue weighted by atomic mass is 19.3. The summed E-state index contributed by atoms with van der Waals surface area (Å²) in [6.07, 6.45) is -2.32. The third kappa shape index (κ3) is 2.62. The van der Waals surface area contributed by atoms with Crippen molar-refractivity contribution >= 4 is 11.8 Å². The molecule has 1 aliphatic heterocycles. The minimum Gasteiger partial charge on any atom is -0.342 e. The van der Waals surface area contributed by atoms with Crippen LogP contribution >= 0.6 is 0 Å². The zero-order valence-electron chi connectivity index (χ0n) is 12.0. The van der Waals surface area contributed by atoms with Gasteiger partial charge in [-0.05, 0) is 18.9 Å². The Morgan fingerprint density at radius 1 is 1.29 bits per heavy atom. The van der Waals surface area contributed by atoms with E-state index in [9.17, 15) is 18.4 Å². The molecule has 2 rings (SSSR count). The first-order chi connectivity index (χ1) is 9.91. The van der Waals surface area contributed by atoms with Gasteiger partial charge >= 0.3 is 0 Å². The van der Waals surface area contributed by atoms with E-state index in [-0.39, 0.29) is 0 Å². The lowest BCUT2D eigenvalue weighted by atomic mass is 9.85. The number of halogens is 2. The van der Waals surface area contributed by atoms with Crippen LogP contribution in [0.4, 0.5) is 8.78 Å². The van der Waals surface area contributed by atoms with E-state index in [0.29, 0.717) is 12.0 Å². The van der Waals surface area contributed by atoms with Crippen molar-refractivity contribution in [1.29, 1.82) is 0 Å². The smallest absolute Gasteiger partial charge is 0.255 e. The summed E-state index contributed by atoms with van der Waals surface area (Å²) in [6.45, 7) is 2.48. The largest absolute Gasteiger partial charge is 0.342 e. The number of benzene rings is 1. The molecule has 2 atom stereocenters. The number of piperazine rings is 1. The molecule has 1 fully saturated rings. The summed E-state index contributed by atoms with van der Waals surface area (Å²) in [7, 11) is 0. The summed E-state index contributed by atoms with van der Waals surface area (Å²) in [5.41, 5.74) is -0.897. The van der Waals surface area contributed by atoms with Crippen LogP contribution in [0.2, 0.25) is 0 Å². The van der Waals surface area contributed by atoms with Gasteiger partial charge in [-0.25, -0.2) is 8.78 Å². The molecule has 0 aromatic heterocycles. The molecule has 1 aromatic carbocycles. The van der Waals surface area contributed by atoms with E-state index < -0.39 is 36.4 Å². The maximum atomic E-state index is 12.9. The number of hydrogen-bond donors (Lipinski definition) is 1. The zero-order chi connectivity index (χ0) is 15.6. The second-order valence-corrected chi connectivity index (χ2v) is 5.21. The highest BCUT2D eigenvalue weighted by molar-refractivity contribution is 6.00. The average molecular weight is 296 g/mol. The number of rotatable bonds is 4. The molecular formula is C15H18F2N2O2. The molecule has 0 bridgehead atoms. The lowest BCUT2D eigenvalue weighted by molar-refractivity contribution is -0.160. The summed E-state index contributed by atoms with van der Waals surface area (Å²) in [4.78, 5) is 25.9. The van der Waals surface area contributed by atoms with Crippen molar-refractivity contribution in [3.05, 3.63) is 35.9 Å². The van der Waals surface area contributed by atoms with E-state index in [1.165, 1.54) is 6.92 Å². The fourth-order valence-electron chi connectivity index (χ4n) is 2.63. The Balaban J connectivity index is 2.49. The molecule has 1 aromatic rings. The molecule has 1 N–H and O–H groups in total. The van der Waals surface area contributed by atoms with E-state index in [1.54, 1.807) is 37.3 Å². The van der Waals surface area contributed by atoms with Crippen molar-refractivity contribution in [3.63, 3.8) is 0 Å². The normalized spacial score (nSPS) is 26.1. The van der Waals surface area contributed by atoms with Crippen LogP contribution in [0.5, 0.6) is 0 Å². The number of alkyl halides is 2. The van der Waals surface area contributed by atoms with Crippen LogP contribution < -0.4 is 5.32 Å². The number of nitrogens with zero attached hydrogens (tertiary/aromatic N) is 1. The molecule has 2 amide bonds. The Kier molecular flexibility index (Phi) is 4.25. The standard InChI is InChI=1S/C15H18F2N2O2/c1-3-11-13(20)19(9-12(16)17)15(2,14(21)18-11)10-7-5-4-6-8-10/h4-8,11-12H,3,9H2,1-2H3,(H,18,21). The quantitative estimate of drug-likeness (QED) is 0.922. The van der Waals surface area contributed by atoms with Gasteiger partial charge in [-0.3, -0.25) is 9.59 Å². The van der Waals surface area contributed by atoms with Crippen LogP contribution in [0, 0.1) is 0 Å². The maximum Gasteiger partial charge on any atom is 0.255 e. The second-order valence-electron chi connectivity index (χ2n) is 5.21. The molecule has 1 aliphatic rings. The van der Waals surface area contributed by atoms with Crippen molar-refractivity contribution < 1.29 is 18.4 Å². The van der Waals surface area contributed by atoms with Crippen molar-refractivity contribution in [2.45, 2.75) is 38.3 Å². The Hall–Kier alpha value is -1.98. The minimum atomic E-state index is -2.69. The van der Waals surface area contributed by atoms with Crippen molar-refractivity contribution in [2.24, 2.45) is 0 Å². The van der Waals surface area contributed by atoms with Gasteiger partial charge in [0.05, 0.1) is 6.54 Å². The molecule has 0 spiro atoms. The Bertz CT molecular complexity index is 536. The van der Waals surface area contributed by atoms with Crippen LogP contribution in [0.1, 0.15) is 25.8 Å². The first kappa shape index (κ1) is 15.4. The van der Waals surface area contributed by atoms with Crippen LogP contribution in [0.3, 0.4) is 0 Å². The second kappa shape index (κ2) is 5.79. The lowest BCUT2D eigenvalue weighted by Crippen LogP contribution is -2.68. The van der Waals surface area contributed by atoms with Crippen LogP contribution in [-0.2, 0) is 15.1 Å². The molecule has 1 saturated heterocycles. The van der Waals surface area contributed by atoms with Crippen molar-refractivity contribution in [1.82, 2.24) is 10.2 Å². The monoisotopic (exact) mass is 296 g/mol. The molecule has 114 valence electrons. The highest BCUT2D eigenvalue weighted by Crippen LogP contribution is 2.33. The average Bonchev–Trinajstić information content (AvgIpc) is 2.48. The number of carbonyl (C=O) groups is 2. The van der Waals surface area contributed by atoms with E-state index in [1.807, 2.05) is 0 Å². The number of hydrogen-bond acceptors (Lipinski definition) is 2. The topological polar surface area (TPSA) is 49.4 Å². The van der Waals surface area contributed by atoms with E-state index >= 15 is 0 Å². The van der Waals surface area contributed by atoms with E-state index in [2.05, 4.69) is 5.32 Å². The Morgan fingerprint density at radius 3 is 2.43 bits per heavy atom. The number of amides is 2. The molecule has 2 unspecified atom stereocenters. The summed E-state index contributed by atoms with van der Waals surface area (Å²) in [6, 6.07) is 7.78. The molecule has 6 heteroatoms. The van der Waals surface area contributed by atoms with Gasteiger partial charge in [0.2, 0.25) is 5.91 Å². The highest BCUT2D eigenvalue weighted by Gasteiger charge is 2.50. The molecule has 0 aliphatic carbocycles. The van der Waals surface area contributed by atoms with Crippen molar-refractivity contribution in [3.8, 4) is 0 Å². The minimum absolute atomic E-state index is 0.370. The number of carbonyl (C=O) groups excluding carboxylic acids is 2. The molecule has 1 heterocycles. The first-order valence-corrected chi connectivity index (χ1v) is 6.87. The Morgan fingerprint density at radius 2 is 1.90 bits per heavy atom. The van der Waals surface area contributed by atoms with Gasteiger partial charge in [-0.2, -0.15) is 0 Å². The van der Waals surface area contributed by atoms with Crippen molar-refractivity contribution in [2.75, 3.05) is 6.54 Å². The third-order valence-electron chi connectivity index (χ3n) is 3.92.